The van der Waals surface area contributed by atoms with Crippen molar-refractivity contribution in [3.63, 3.8) is 0 Å². The molecule has 3 aliphatic rings. The van der Waals surface area contributed by atoms with Gasteiger partial charge in [-0.2, -0.15) is 0 Å². The van der Waals surface area contributed by atoms with Crippen LogP contribution < -0.4 is 0 Å². The second-order valence-electron chi connectivity index (χ2n) is 11.2. The molecule has 0 unspecified atom stereocenters. The van der Waals surface area contributed by atoms with Crippen LogP contribution >= 0.6 is 0 Å². The van der Waals surface area contributed by atoms with Crippen LogP contribution in [0.4, 0.5) is 0 Å². The highest BCUT2D eigenvalue weighted by molar-refractivity contribution is 5.15. The fraction of sp³-hybridized carbons (Fsp3) is 0.576. The number of rotatable bonds is 14. The monoisotopic (exact) mass is 538 g/mol. The molecule has 6 nitrogen and oxygen atoms in total. The smallest absolute Gasteiger partial charge is 0.134 e. The Hall–Kier alpha value is -2.22. The Morgan fingerprint density at radius 2 is 1.74 bits per heavy atom. The number of unbranched alkanes of at least 4 members (excludes halogenated alkanes) is 1. The van der Waals surface area contributed by atoms with Crippen LogP contribution in [0, 0.1) is 0 Å². The molecule has 3 heterocycles. The predicted octanol–water partition coefficient (Wildman–Crippen LogP) is 6.47. The Labute approximate surface area is 234 Å². The maximum absolute atomic E-state index is 6.92. The molecule has 0 spiro atoms. The number of hydrogen-bond donors (Lipinski definition) is 0. The molecule has 3 saturated heterocycles. The van der Waals surface area contributed by atoms with Gasteiger partial charge >= 0.3 is 0 Å². The average molecular weight is 539 g/mol. The molecule has 0 aromatic heterocycles. The summed E-state index contributed by atoms with van der Waals surface area (Å²) < 4.78 is 39.7. The molecule has 3 aliphatic heterocycles. The van der Waals surface area contributed by atoms with E-state index in [-0.39, 0.29) is 42.7 Å². The van der Waals surface area contributed by atoms with Gasteiger partial charge in [-0.25, -0.2) is 0 Å². The molecule has 0 bridgehead atoms. The van der Waals surface area contributed by atoms with Crippen molar-refractivity contribution >= 4 is 0 Å². The van der Waals surface area contributed by atoms with Gasteiger partial charge < -0.3 is 28.4 Å². The zero-order valence-electron chi connectivity index (χ0n) is 23.7. The summed E-state index contributed by atoms with van der Waals surface area (Å²) in [4.78, 5) is 0. The number of hydrogen-bond acceptors (Lipinski definition) is 6. The van der Waals surface area contributed by atoms with Crippen molar-refractivity contribution in [2.75, 3.05) is 6.61 Å². The molecule has 0 N–H and O–H groups in total. The molecule has 3 fully saturated rings. The molecular formula is C33H46O6. The summed E-state index contributed by atoms with van der Waals surface area (Å²) in [5.41, 5.74) is -0.243. The molecule has 39 heavy (non-hydrogen) atoms. The topological polar surface area (TPSA) is 55.4 Å². The lowest BCUT2D eigenvalue weighted by Crippen LogP contribution is -2.74. The van der Waals surface area contributed by atoms with Gasteiger partial charge in [0.05, 0.1) is 37.3 Å². The van der Waals surface area contributed by atoms with Crippen molar-refractivity contribution in [3.05, 3.63) is 86.7 Å². The molecule has 1 aromatic rings. The van der Waals surface area contributed by atoms with E-state index >= 15 is 0 Å². The van der Waals surface area contributed by atoms with Crippen molar-refractivity contribution < 1.29 is 28.4 Å². The molecule has 0 saturated carbocycles. The van der Waals surface area contributed by atoms with E-state index in [1.54, 1.807) is 0 Å². The fourth-order valence-corrected chi connectivity index (χ4v) is 6.31. The van der Waals surface area contributed by atoms with Crippen molar-refractivity contribution in [1.29, 1.82) is 0 Å². The third-order valence-corrected chi connectivity index (χ3v) is 8.37. The zero-order chi connectivity index (χ0) is 27.9. The van der Waals surface area contributed by atoms with Gasteiger partial charge in [-0.15, -0.1) is 19.7 Å². The maximum Gasteiger partial charge on any atom is 0.134 e. The van der Waals surface area contributed by atoms with Gasteiger partial charge in [-0.1, -0.05) is 55.1 Å². The summed E-state index contributed by atoms with van der Waals surface area (Å²) in [6.07, 6.45) is 10.0. The van der Waals surface area contributed by atoms with Gasteiger partial charge in [0.25, 0.3) is 0 Å². The van der Waals surface area contributed by atoms with Gasteiger partial charge in [0.1, 0.15) is 29.5 Å². The summed E-state index contributed by atoms with van der Waals surface area (Å²) in [5.74, 6) is 0. The second kappa shape index (κ2) is 13.4. The van der Waals surface area contributed by atoms with E-state index in [0.29, 0.717) is 38.9 Å². The molecule has 214 valence electrons. The zero-order valence-corrected chi connectivity index (χ0v) is 23.7. The van der Waals surface area contributed by atoms with E-state index in [9.17, 15) is 0 Å². The van der Waals surface area contributed by atoms with Gasteiger partial charge in [0.15, 0.2) is 0 Å². The van der Waals surface area contributed by atoms with Gasteiger partial charge in [-0.05, 0) is 45.1 Å². The lowest BCUT2D eigenvalue weighted by Gasteiger charge is -2.60. The van der Waals surface area contributed by atoms with Crippen LogP contribution in [0.2, 0.25) is 0 Å². The Morgan fingerprint density at radius 1 is 0.974 bits per heavy atom. The average Bonchev–Trinajstić information content (AvgIpc) is 2.91. The highest BCUT2D eigenvalue weighted by atomic mass is 16.6. The normalized spacial score (nSPS) is 37.6. The van der Waals surface area contributed by atoms with Crippen molar-refractivity contribution in [1.82, 2.24) is 0 Å². The van der Waals surface area contributed by atoms with Crippen molar-refractivity contribution in [2.24, 2.45) is 0 Å². The van der Waals surface area contributed by atoms with E-state index in [1.165, 1.54) is 6.26 Å². The lowest BCUT2D eigenvalue weighted by molar-refractivity contribution is -0.364. The van der Waals surface area contributed by atoms with E-state index in [1.807, 2.05) is 36.4 Å². The highest BCUT2D eigenvalue weighted by Crippen LogP contribution is 2.49. The van der Waals surface area contributed by atoms with E-state index in [0.717, 1.165) is 18.4 Å². The van der Waals surface area contributed by atoms with E-state index < -0.39 is 11.2 Å². The fourth-order valence-electron chi connectivity index (χ4n) is 6.31. The summed E-state index contributed by atoms with van der Waals surface area (Å²) in [7, 11) is 0. The second-order valence-corrected chi connectivity index (χ2v) is 11.2. The first-order chi connectivity index (χ1) is 18.9. The van der Waals surface area contributed by atoms with Crippen LogP contribution in [-0.2, 0) is 35.0 Å². The number of ether oxygens (including phenoxy) is 6. The Bertz CT molecular complexity index is 964. The van der Waals surface area contributed by atoms with Crippen LogP contribution in [0.15, 0.2) is 81.1 Å². The first-order valence-electron chi connectivity index (χ1n) is 14.3. The SMILES string of the molecule is C=CCCCO[C@@H]1C[C@@H]2O[C@@H]3C[C@](C)(OC=C)[C@@H](CC=C)O[C@H]3[C@H](OCc3ccccc3)[C@@]2(C)O[C@H]1CC=C. The van der Waals surface area contributed by atoms with Crippen LogP contribution in [0.1, 0.15) is 57.9 Å². The molecule has 0 radical (unpaired) electrons. The minimum absolute atomic E-state index is 0.106. The lowest BCUT2D eigenvalue weighted by atomic mass is 9.73. The molecule has 9 atom stereocenters. The summed E-state index contributed by atoms with van der Waals surface area (Å²) in [6.45, 7) is 20.8. The summed E-state index contributed by atoms with van der Waals surface area (Å²) >= 11 is 0. The van der Waals surface area contributed by atoms with Crippen LogP contribution in [0.3, 0.4) is 0 Å². The minimum atomic E-state index is -0.740. The molecule has 0 amide bonds. The third kappa shape index (κ3) is 6.58. The van der Waals surface area contributed by atoms with Crippen LogP contribution in [0.5, 0.6) is 0 Å². The molecule has 1 aromatic carbocycles. The molecule has 0 aliphatic carbocycles. The van der Waals surface area contributed by atoms with Crippen molar-refractivity contribution in [3.8, 4) is 0 Å². The highest BCUT2D eigenvalue weighted by Gasteiger charge is 2.63. The van der Waals surface area contributed by atoms with Crippen LogP contribution in [0.25, 0.3) is 0 Å². The quantitative estimate of drug-likeness (QED) is 0.154. The summed E-state index contributed by atoms with van der Waals surface area (Å²) in [6, 6.07) is 10.2. The Kier molecular flexibility index (Phi) is 10.2. The minimum Gasteiger partial charge on any atom is -0.493 e. The number of fused-ring (bicyclic) bond motifs is 2. The molecule has 6 heteroatoms. The predicted molar refractivity (Wildman–Crippen MR) is 153 cm³/mol. The summed E-state index contributed by atoms with van der Waals surface area (Å²) in [5, 5.41) is 0. The number of benzene rings is 1. The Balaban J connectivity index is 1.64. The number of allylic oxidation sites excluding steroid dienone is 1. The first kappa shape index (κ1) is 29.8. The van der Waals surface area contributed by atoms with Gasteiger partial charge in [-0.3, -0.25) is 0 Å². The maximum atomic E-state index is 6.92. The standard InChI is InChI=1S/C33H46O6/c1-7-11-15-20-34-26-21-29-33(6,39-25(26)16-8-2)31(35-23-24-18-13-12-14-19-24)30-27(37-29)22-32(5,36-10-4)28(38-30)17-9-3/h7-10,12-14,18-19,25-31H,1-4,11,15-17,20-23H2,5-6H3/t25-,26+,27+,28+,29-,30+,31-,32-,33-/m0/s1. The first-order valence-corrected chi connectivity index (χ1v) is 14.3. The van der Waals surface area contributed by atoms with Crippen molar-refractivity contribution in [2.45, 2.75) is 113 Å². The molecular weight excluding hydrogens is 492 g/mol. The van der Waals surface area contributed by atoms with Gasteiger partial charge in [0.2, 0.25) is 0 Å². The van der Waals surface area contributed by atoms with E-state index in [2.05, 4.69) is 52.3 Å². The van der Waals surface area contributed by atoms with Crippen LogP contribution in [-0.4, -0.2) is 60.5 Å². The van der Waals surface area contributed by atoms with Gasteiger partial charge in [0, 0.05) is 19.4 Å². The van der Waals surface area contributed by atoms with E-state index in [4.69, 9.17) is 28.4 Å². The largest absolute Gasteiger partial charge is 0.493 e. The molecule has 4 rings (SSSR count). The Morgan fingerprint density at radius 3 is 2.44 bits per heavy atom. The third-order valence-electron chi connectivity index (χ3n) is 8.37.